The lowest BCUT2D eigenvalue weighted by molar-refractivity contribution is -0.118. The second kappa shape index (κ2) is 6.80. The summed E-state index contributed by atoms with van der Waals surface area (Å²) in [6.45, 7) is 1.70. The molecule has 118 valence electrons. The van der Waals surface area contributed by atoms with Crippen molar-refractivity contribution in [2.24, 2.45) is 0 Å². The Kier molecular flexibility index (Phi) is 4.59. The van der Waals surface area contributed by atoms with Crippen molar-refractivity contribution in [2.45, 2.75) is 6.92 Å². The summed E-state index contributed by atoms with van der Waals surface area (Å²) in [7, 11) is 0. The quantitative estimate of drug-likeness (QED) is 0.758. The van der Waals surface area contributed by atoms with E-state index in [2.05, 4.69) is 15.5 Å². The Labute approximate surface area is 141 Å². The van der Waals surface area contributed by atoms with Gasteiger partial charge >= 0.3 is 0 Å². The SMILES string of the molecule is Cc1cc(OCC(=O)Nc2noc(-c3cccs3)n2)ccc1Cl. The lowest BCUT2D eigenvalue weighted by Gasteiger charge is -2.06. The standard InChI is InChI=1S/C15H12ClN3O3S/c1-9-7-10(4-5-11(9)16)21-8-13(20)17-15-18-14(22-19-15)12-3-2-6-23-12/h2-7H,8H2,1H3,(H,17,19,20). The molecule has 0 saturated heterocycles. The van der Waals surface area contributed by atoms with Gasteiger partial charge in [-0.25, -0.2) is 0 Å². The van der Waals surface area contributed by atoms with Gasteiger partial charge in [-0.3, -0.25) is 10.1 Å². The van der Waals surface area contributed by atoms with Gasteiger partial charge < -0.3 is 9.26 Å². The minimum Gasteiger partial charge on any atom is -0.484 e. The van der Waals surface area contributed by atoms with Crippen LogP contribution < -0.4 is 10.1 Å². The minimum atomic E-state index is -0.379. The average Bonchev–Trinajstić information content (AvgIpc) is 3.19. The molecule has 0 unspecified atom stereocenters. The van der Waals surface area contributed by atoms with Crippen LogP contribution >= 0.6 is 22.9 Å². The third-order valence-corrected chi connectivity index (χ3v) is 4.19. The zero-order chi connectivity index (χ0) is 16.2. The van der Waals surface area contributed by atoms with Gasteiger partial charge in [-0.05, 0) is 47.3 Å². The van der Waals surface area contributed by atoms with Crippen LogP contribution in [0.2, 0.25) is 5.02 Å². The number of benzene rings is 1. The third-order valence-electron chi connectivity index (χ3n) is 2.91. The van der Waals surface area contributed by atoms with Crippen molar-refractivity contribution in [3.8, 4) is 16.5 Å². The van der Waals surface area contributed by atoms with Gasteiger partial charge in [0.1, 0.15) is 5.75 Å². The predicted molar refractivity (Wildman–Crippen MR) is 87.9 cm³/mol. The van der Waals surface area contributed by atoms with Gasteiger partial charge in [0.2, 0.25) is 0 Å². The van der Waals surface area contributed by atoms with Crippen molar-refractivity contribution >= 4 is 34.8 Å². The van der Waals surface area contributed by atoms with Crippen molar-refractivity contribution < 1.29 is 14.1 Å². The number of carbonyl (C=O) groups is 1. The fourth-order valence-corrected chi connectivity index (χ4v) is 2.55. The number of carbonyl (C=O) groups excluding carboxylic acids is 1. The van der Waals surface area contributed by atoms with Gasteiger partial charge in [-0.1, -0.05) is 17.7 Å². The van der Waals surface area contributed by atoms with Crippen LogP contribution in [0.25, 0.3) is 10.8 Å². The molecule has 1 aromatic carbocycles. The van der Waals surface area contributed by atoms with E-state index in [1.165, 1.54) is 11.3 Å². The third kappa shape index (κ3) is 3.88. The number of amides is 1. The van der Waals surface area contributed by atoms with Gasteiger partial charge in [-0.2, -0.15) is 4.98 Å². The molecule has 1 N–H and O–H groups in total. The Morgan fingerprint density at radius 3 is 3.04 bits per heavy atom. The van der Waals surface area contributed by atoms with Crippen LogP contribution in [0.1, 0.15) is 5.56 Å². The Bertz CT molecular complexity index is 817. The number of ether oxygens (including phenoxy) is 1. The molecule has 2 heterocycles. The van der Waals surface area contributed by atoms with E-state index in [4.69, 9.17) is 20.9 Å². The van der Waals surface area contributed by atoms with Gasteiger partial charge in [0.05, 0.1) is 4.88 Å². The van der Waals surface area contributed by atoms with Crippen LogP contribution in [-0.4, -0.2) is 22.7 Å². The molecule has 23 heavy (non-hydrogen) atoms. The van der Waals surface area contributed by atoms with Crippen LogP contribution in [0.5, 0.6) is 5.75 Å². The molecule has 0 aliphatic carbocycles. The van der Waals surface area contributed by atoms with E-state index in [0.717, 1.165) is 10.4 Å². The van der Waals surface area contributed by atoms with E-state index in [9.17, 15) is 4.79 Å². The second-order valence-electron chi connectivity index (χ2n) is 4.65. The smallest absolute Gasteiger partial charge is 0.270 e. The predicted octanol–water partition coefficient (Wildman–Crippen LogP) is 3.78. The van der Waals surface area contributed by atoms with Crippen molar-refractivity contribution in [3.63, 3.8) is 0 Å². The van der Waals surface area contributed by atoms with Crippen molar-refractivity contribution in [3.05, 3.63) is 46.3 Å². The number of thiophene rings is 1. The van der Waals surface area contributed by atoms with Crippen molar-refractivity contribution in [1.82, 2.24) is 10.1 Å². The van der Waals surface area contributed by atoms with E-state index in [1.54, 1.807) is 18.2 Å². The zero-order valence-electron chi connectivity index (χ0n) is 12.1. The number of hydrogen-bond donors (Lipinski definition) is 1. The lowest BCUT2D eigenvalue weighted by Crippen LogP contribution is -2.20. The Hall–Kier alpha value is -2.38. The second-order valence-corrected chi connectivity index (χ2v) is 6.00. The molecule has 0 bridgehead atoms. The first-order valence-corrected chi connectivity index (χ1v) is 7.94. The number of aromatic nitrogens is 2. The normalized spacial score (nSPS) is 10.5. The molecule has 0 radical (unpaired) electrons. The Morgan fingerprint density at radius 2 is 2.30 bits per heavy atom. The maximum absolute atomic E-state index is 11.9. The highest BCUT2D eigenvalue weighted by Crippen LogP contribution is 2.23. The maximum atomic E-state index is 11.9. The highest BCUT2D eigenvalue weighted by molar-refractivity contribution is 7.13. The molecule has 6 nitrogen and oxygen atoms in total. The zero-order valence-corrected chi connectivity index (χ0v) is 13.6. The summed E-state index contributed by atoms with van der Waals surface area (Å²) in [6.07, 6.45) is 0. The fourth-order valence-electron chi connectivity index (χ4n) is 1.79. The lowest BCUT2D eigenvalue weighted by atomic mass is 10.2. The van der Waals surface area contributed by atoms with Gasteiger partial charge in [0, 0.05) is 5.02 Å². The van der Waals surface area contributed by atoms with Gasteiger partial charge in [0.25, 0.3) is 17.7 Å². The topological polar surface area (TPSA) is 77.2 Å². The summed E-state index contributed by atoms with van der Waals surface area (Å²) in [4.78, 5) is 16.8. The molecular formula is C15H12ClN3O3S. The van der Waals surface area contributed by atoms with E-state index in [1.807, 2.05) is 24.4 Å². The molecule has 0 aliphatic rings. The summed E-state index contributed by atoms with van der Waals surface area (Å²) in [5, 5.41) is 8.78. The number of rotatable bonds is 5. The highest BCUT2D eigenvalue weighted by atomic mass is 35.5. The molecule has 0 fully saturated rings. The largest absolute Gasteiger partial charge is 0.484 e. The highest BCUT2D eigenvalue weighted by Gasteiger charge is 2.12. The first kappa shape index (κ1) is 15.5. The van der Waals surface area contributed by atoms with Crippen LogP contribution in [-0.2, 0) is 4.79 Å². The number of anilines is 1. The fraction of sp³-hybridized carbons (Fsp3) is 0.133. The molecule has 2 aromatic heterocycles. The molecule has 1 amide bonds. The van der Waals surface area contributed by atoms with Gasteiger partial charge in [0.15, 0.2) is 6.61 Å². The maximum Gasteiger partial charge on any atom is 0.270 e. The molecule has 0 aliphatic heterocycles. The molecule has 0 spiro atoms. The molecular weight excluding hydrogens is 338 g/mol. The number of hydrogen-bond acceptors (Lipinski definition) is 6. The first-order valence-electron chi connectivity index (χ1n) is 6.68. The number of aryl methyl sites for hydroxylation is 1. The monoisotopic (exact) mass is 349 g/mol. The summed E-state index contributed by atoms with van der Waals surface area (Å²) < 4.78 is 10.5. The van der Waals surface area contributed by atoms with E-state index >= 15 is 0 Å². The Balaban J connectivity index is 1.56. The van der Waals surface area contributed by atoms with Crippen LogP contribution in [0.4, 0.5) is 5.95 Å². The van der Waals surface area contributed by atoms with Crippen molar-refractivity contribution in [2.75, 3.05) is 11.9 Å². The van der Waals surface area contributed by atoms with Crippen LogP contribution in [0.15, 0.2) is 40.2 Å². The number of nitrogens with one attached hydrogen (secondary N) is 1. The molecule has 3 rings (SSSR count). The summed E-state index contributed by atoms with van der Waals surface area (Å²) in [5.41, 5.74) is 0.878. The summed E-state index contributed by atoms with van der Waals surface area (Å²) >= 11 is 7.41. The summed E-state index contributed by atoms with van der Waals surface area (Å²) in [5.74, 6) is 0.657. The molecule has 0 atom stereocenters. The molecule has 8 heteroatoms. The van der Waals surface area contributed by atoms with Crippen LogP contribution in [0.3, 0.4) is 0 Å². The minimum absolute atomic E-state index is 0.106. The summed E-state index contributed by atoms with van der Waals surface area (Å²) in [6, 6.07) is 8.92. The number of nitrogens with zero attached hydrogens (tertiary/aromatic N) is 2. The molecule has 0 saturated carbocycles. The number of halogens is 1. The average molecular weight is 350 g/mol. The van der Waals surface area contributed by atoms with Crippen LogP contribution in [0, 0.1) is 6.92 Å². The van der Waals surface area contributed by atoms with E-state index in [-0.39, 0.29) is 18.5 Å². The first-order chi connectivity index (χ1) is 11.1. The van der Waals surface area contributed by atoms with E-state index < -0.39 is 0 Å². The van der Waals surface area contributed by atoms with Crippen molar-refractivity contribution in [1.29, 1.82) is 0 Å². The molecule has 3 aromatic rings. The Morgan fingerprint density at radius 1 is 1.43 bits per heavy atom. The van der Waals surface area contributed by atoms with Gasteiger partial charge in [-0.15, -0.1) is 11.3 Å². The van der Waals surface area contributed by atoms with E-state index in [0.29, 0.717) is 16.7 Å².